The molecule has 1 N–H and O–H groups in total. The second-order valence-electron chi connectivity index (χ2n) is 7.40. The van der Waals surface area contributed by atoms with Crippen LogP contribution in [0.1, 0.15) is 69.4 Å². The molecule has 1 fully saturated rings. The van der Waals surface area contributed by atoms with Crippen LogP contribution in [0.15, 0.2) is 11.4 Å². The van der Waals surface area contributed by atoms with E-state index in [4.69, 9.17) is 0 Å². The highest BCUT2D eigenvalue weighted by Gasteiger charge is 2.34. The van der Waals surface area contributed by atoms with E-state index in [1.165, 1.54) is 38.5 Å². The Balaban J connectivity index is 1.67. The van der Waals surface area contributed by atoms with Crippen molar-refractivity contribution in [3.05, 3.63) is 21.9 Å². The molecular formula is C17H27NS. The molecule has 2 heteroatoms. The molecule has 1 nitrogen and oxygen atoms in total. The summed E-state index contributed by atoms with van der Waals surface area (Å²) in [6.07, 6.45) is 8.09. The van der Waals surface area contributed by atoms with Gasteiger partial charge in [0, 0.05) is 17.0 Å². The average molecular weight is 277 g/mol. The van der Waals surface area contributed by atoms with Gasteiger partial charge in [-0.25, -0.2) is 0 Å². The molecule has 2 aliphatic rings. The summed E-state index contributed by atoms with van der Waals surface area (Å²) < 4.78 is 0. The van der Waals surface area contributed by atoms with Gasteiger partial charge in [-0.2, -0.15) is 0 Å². The third kappa shape index (κ3) is 2.90. The molecule has 0 aliphatic heterocycles. The first-order chi connectivity index (χ1) is 9.05. The van der Waals surface area contributed by atoms with Crippen LogP contribution < -0.4 is 5.32 Å². The van der Waals surface area contributed by atoms with Crippen LogP contribution in [0.4, 0.5) is 0 Å². The Morgan fingerprint density at radius 1 is 1.32 bits per heavy atom. The maximum absolute atomic E-state index is 3.99. The Hall–Kier alpha value is -0.340. The molecule has 3 rings (SSSR count). The maximum Gasteiger partial charge on any atom is 0.0333 e. The highest BCUT2D eigenvalue weighted by Crippen LogP contribution is 2.40. The average Bonchev–Trinajstić information content (AvgIpc) is 2.81. The molecule has 1 aromatic heterocycles. The van der Waals surface area contributed by atoms with Crippen LogP contribution in [0.5, 0.6) is 0 Å². The summed E-state index contributed by atoms with van der Waals surface area (Å²) in [5.74, 6) is 0.813. The molecular weight excluding hydrogens is 250 g/mol. The van der Waals surface area contributed by atoms with Gasteiger partial charge in [-0.1, -0.05) is 20.8 Å². The van der Waals surface area contributed by atoms with Gasteiger partial charge in [0.25, 0.3) is 0 Å². The summed E-state index contributed by atoms with van der Waals surface area (Å²) in [5, 5.41) is 6.27. The van der Waals surface area contributed by atoms with Gasteiger partial charge in [-0.3, -0.25) is 0 Å². The minimum absolute atomic E-state index is 0.553. The van der Waals surface area contributed by atoms with E-state index >= 15 is 0 Å². The minimum Gasteiger partial charge on any atom is -0.307 e. The Bertz CT molecular complexity index is 434. The highest BCUT2D eigenvalue weighted by atomic mass is 32.1. The molecule has 3 atom stereocenters. The number of fused-ring (bicyclic) bond motifs is 1. The van der Waals surface area contributed by atoms with Crippen molar-refractivity contribution in [2.45, 2.75) is 71.4 Å². The SMILES string of the molecule is CC1CC(C)(C)CCC1NC1CCCc2sccc21. The molecule has 3 unspecified atom stereocenters. The van der Waals surface area contributed by atoms with E-state index in [9.17, 15) is 0 Å². The molecule has 0 saturated heterocycles. The highest BCUT2D eigenvalue weighted by molar-refractivity contribution is 7.10. The lowest BCUT2D eigenvalue weighted by Gasteiger charge is -2.41. The summed E-state index contributed by atoms with van der Waals surface area (Å²) in [5.41, 5.74) is 2.16. The first-order valence-electron chi connectivity index (χ1n) is 7.87. The smallest absolute Gasteiger partial charge is 0.0333 e. The van der Waals surface area contributed by atoms with Crippen molar-refractivity contribution in [2.75, 3.05) is 0 Å². The first-order valence-corrected chi connectivity index (χ1v) is 8.75. The van der Waals surface area contributed by atoms with Crippen LogP contribution in [0.2, 0.25) is 0 Å². The third-order valence-electron chi connectivity index (χ3n) is 5.16. The molecule has 1 saturated carbocycles. The van der Waals surface area contributed by atoms with Gasteiger partial charge in [-0.15, -0.1) is 11.3 Å². The van der Waals surface area contributed by atoms with Crippen molar-refractivity contribution in [3.63, 3.8) is 0 Å². The van der Waals surface area contributed by atoms with E-state index in [-0.39, 0.29) is 0 Å². The normalized spacial score (nSPS) is 33.9. The predicted octanol–water partition coefficient (Wildman–Crippen LogP) is 4.93. The van der Waals surface area contributed by atoms with Crippen molar-refractivity contribution >= 4 is 11.3 Å². The van der Waals surface area contributed by atoms with Gasteiger partial charge in [0.05, 0.1) is 0 Å². The summed E-state index contributed by atoms with van der Waals surface area (Å²) >= 11 is 1.95. The fourth-order valence-electron chi connectivity index (χ4n) is 4.11. The summed E-state index contributed by atoms with van der Waals surface area (Å²) in [6.45, 7) is 7.30. The second-order valence-corrected chi connectivity index (χ2v) is 8.40. The maximum atomic E-state index is 3.99. The van der Waals surface area contributed by atoms with Crippen molar-refractivity contribution in [3.8, 4) is 0 Å². The number of nitrogens with one attached hydrogen (secondary N) is 1. The van der Waals surface area contributed by atoms with E-state index in [1.54, 1.807) is 10.4 Å². The Kier molecular flexibility index (Phi) is 3.74. The molecule has 0 spiro atoms. The van der Waals surface area contributed by atoms with Gasteiger partial charge in [0.15, 0.2) is 0 Å². The molecule has 1 heterocycles. The lowest BCUT2D eigenvalue weighted by Crippen LogP contribution is -2.43. The molecule has 0 aromatic carbocycles. The van der Waals surface area contributed by atoms with Crippen LogP contribution >= 0.6 is 11.3 Å². The van der Waals surface area contributed by atoms with Crippen LogP contribution in [-0.2, 0) is 6.42 Å². The molecule has 0 amide bonds. The first kappa shape index (κ1) is 13.6. The minimum atomic E-state index is 0.553. The summed E-state index contributed by atoms with van der Waals surface area (Å²) in [7, 11) is 0. The molecule has 2 aliphatic carbocycles. The number of rotatable bonds is 2. The summed E-state index contributed by atoms with van der Waals surface area (Å²) in [4.78, 5) is 1.63. The Morgan fingerprint density at radius 3 is 2.95 bits per heavy atom. The number of hydrogen-bond acceptors (Lipinski definition) is 2. The summed E-state index contributed by atoms with van der Waals surface area (Å²) in [6, 6.07) is 3.71. The van der Waals surface area contributed by atoms with Gasteiger partial charge in [0.2, 0.25) is 0 Å². The molecule has 19 heavy (non-hydrogen) atoms. The number of thiophene rings is 1. The van der Waals surface area contributed by atoms with E-state index < -0.39 is 0 Å². The lowest BCUT2D eigenvalue weighted by atomic mass is 9.70. The third-order valence-corrected chi connectivity index (χ3v) is 6.16. The molecule has 106 valence electrons. The van der Waals surface area contributed by atoms with Crippen LogP contribution in [0.3, 0.4) is 0 Å². The molecule has 1 aromatic rings. The van der Waals surface area contributed by atoms with Crippen molar-refractivity contribution < 1.29 is 0 Å². The fourth-order valence-corrected chi connectivity index (χ4v) is 5.10. The lowest BCUT2D eigenvalue weighted by molar-refractivity contribution is 0.139. The van der Waals surface area contributed by atoms with E-state index in [0.29, 0.717) is 11.5 Å². The quantitative estimate of drug-likeness (QED) is 0.808. The largest absolute Gasteiger partial charge is 0.307 e. The van der Waals surface area contributed by atoms with Crippen LogP contribution in [0, 0.1) is 11.3 Å². The van der Waals surface area contributed by atoms with Crippen molar-refractivity contribution in [1.29, 1.82) is 0 Å². The van der Waals surface area contributed by atoms with Gasteiger partial charge >= 0.3 is 0 Å². The number of aryl methyl sites for hydroxylation is 1. The van der Waals surface area contributed by atoms with Crippen LogP contribution in [0.25, 0.3) is 0 Å². The molecule has 0 radical (unpaired) electrons. The van der Waals surface area contributed by atoms with Crippen molar-refractivity contribution in [2.24, 2.45) is 11.3 Å². The second kappa shape index (κ2) is 5.21. The Morgan fingerprint density at radius 2 is 2.16 bits per heavy atom. The van der Waals surface area contributed by atoms with E-state index in [1.807, 2.05) is 11.3 Å². The zero-order valence-corrected chi connectivity index (χ0v) is 13.4. The predicted molar refractivity (Wildman–Crippen MR) is 83.7 cm³/mol. The van der Waals surface area contributed by atoms with Gasteiger partial charge in [-0.05, 0) is 66.9 Å². The Labute approximate surface area is 121 Å². The van der Waals surface area contributed by atoms with Gasteiger partial charge < -0.3 is 5.32 Å². The monoisotopic (exact) mass is 277 g/mol. The fraction of sp³-hybridized carbons (Fsp3) is 0.765. The standard InChI is InChI=1S/C17H27NS/c1-12-11-17(2,3)9-7-14(12)18-15-5-4-6-16-13(15)8-10-19-16/h8,10,12,14-15,18H,4-7,9,11H2,1-3H3. The topological polar surface area (TPSA) is 12.0 Å². The number of hydrogen-bond donors (Lipinski definition) is 1. The molecule has 0 bridgehead atoms. The van der Waals surface area contributed by atoms with Crippen molar-refractivity contribution in [1.82, 2.24) is 5.32 Å². The van der Waals surface area contributed by atoms with E-state index in [0.717, 1.165) is 12.0 Å². The zero-order valence-electron chi connectivity index (χ0n) is 12.5. The zero-order chi connectivity index (χ0) is 13.5. The van der Waals surface area contributed by atoms with Crippen LogP contribution in [-0.4, -0.2) is 6.04 Å². The van der Waals surface area contributed by atoms with E-state index in [2.05, 4.69) is 37.5 Å². The van der Waals surface area contributed by atoms with Gasteiger partial charge in [0.1, 0.15) is 0 Å².